The topological polar surface area (TPSA) is 122 Å². The molecule has 0 saturated carbocycles. The van der Waals surface area contributed by atoms with Gasteiger partial charge in [-0.3, -0.25) is 5.10 Å². The molecule has 1 aliphatic heterocycles. The Labute approximate surface area is 201 Å². The van der Waals surface area contributed by atoms with E-state index in [4.69, 9.17) is 4.74 Å². The van der Waals surface area contributed by atoms with Gasteiger partial charge in [-0.05, 0) is 79.0 Å². The molecule has 184 valence electrons. The highest BCUT2D eigenvalue weighted by Crippen LogP contribution is 2.37. The minimum atomic E-state index is -3.69. The van der Waals surface area contributed by atoms with Crippen LogP contribution in [0.15, 0.2) is 23.4 Å². The Morgan fingerprint density at radius 2 is 1.85 bits per heavy atom. The van der Waals surface area contributed by atoms with Crippen molar-refractivity contribution in [3.8, 4) is 5.75 Å². The molecular weight excluding hydrogens is 452 g/mol. The van der Waals surface area contributed by atoms with E-state index in [9.17, 15) is 8.42 Å². The van der Waals surface area contributed by atoms with Crippen LogP contribution in [0.2, 0.25) is 0 Å². The Kier molecular flexibility index (Phi) is 6.82. The molecule has 1 aliphatic rings. The van der Waals surface area contributed by atoms with Crippen molar-refractivity contribution in [2.45, 2.75) is 63.5 Å². The summed E-state index contributed by atoms with van der Waals surface area (Å²) < 4.78 is 32.2. The lowest BCUT2D eigenvalue weighted by molar-refractivity contribution is 0.247. The lowest BCUT2D eigenvalue weighted by Gasteiger charge is -2.24. The largest absolute Gasteiger partial charge is 0.492 e. The number of ether oxygens (including phenoxy) is 1. The molecule has 2 aromatic heterocycles. The highest BCUT2D eigenvalue weighted by Gasteiger charge is 2.34. The first-order valence-corrected chi connectivity index (χ1v) is 13.2. The van der Waals surface area contributed by atoms with Gasteiger partial charge in [0, 0.05) is 22.7 Å². The van der Waals surface area contributed by atoms with Crippen molar-refractivity contribution in [3.05, 3.63) is 29.7 Å². The zero-order valence-electron chi connectivity index (χ0n) is 20.5. The molecule has 10 heteroatoms. The van der Waals surface area contributed by atoms with Gasteiger partial charge in [0.25, 0.3) is 0 Å². The molecule has 0 aliphatic carbocycles. The van der Waals surface area contributed by atoms with Crippen LogP contribution in [0, 0.1) is 19.8 Å². The summed E-state index contributed by atoms with van der Waals surface area (Å²) in [5, 5.41) is 14.4. The molecule has 34 heavy (non-hydrogen) atoms. The van der Waals surface area contributed by atoms with Gasteiger partial charge < -0.3 is 15.4 Å². The third-order valence-corrected chi connectivity index (χ3v) is 9.04. The molecule has 4 rings (SSSR count). The second kappa shape index (κ2) is 9.50. The Morgan fingerprint density at radius 3 is 2.50 bits per heavy atom. The summed E-state index contributed by atoms with van der Waals surface area (Å²) in [7, 11) is -3.69. The van der Waals surface area contributed by atoms with E-state index in [2.05, 4.69) is 30.8 Å². The standard InChI is InChI=1S/C24H34N6O3S/c1-15-16(2)29-30-22(15)28-23-18-12-21(34(31,32)24(3,4)5)20(13-19(18)26-14-27-23)33-11-8-17-6-9-25-10-7-17/h12-14,17,25H,6-11H2,1-5H3,(H2,26,27,28,29,30). The second-order valence-electron chi connectivity index (χ2n) is 9.93. The summed E-state index contributed by atoms with van der Waals surface area (Å²) in [5.41, 5.74) is 2.51. The summed E-state index contributed by atoms with van der Waals surface area (Å²) in [6, 6.07) is 3.35. The Hall–Kier alpha value is -2.72. The van der Waals surface area contributed by atoms with E-state index in [1.807, 2.05) is 13.8 Å². The fourth-order valence-corrected chi connectivity index (χ4v) is 5.36. The number of H-pyrrole nitrogens is 1. The van der Waals surface area contributed by atoms with Crippen molar-refractivity contribution in [3.63, 3.8) is 0 Å². The van der Waals surface area contributed by atoms with Crippen molar-refractivity contribution in [1.82, 2.24) is 25.5 Å². The summed E-state index contributed by atoms with van der Waals surface area (Å²) in [6.07, 6.45) is 4.57. The maximum Gasteiger partial charge on any atom is 0.186 e. The van der Waals surface area contributed by atoms with Crippen molar-refractivity contribution >= 4 is 32.4 Å². The van der Waals surface area contributed by atoms with Crippen LogP contribution in [-0.2, 0) is 9.84 Å². The van der Waals surface area contributed by atoms with Gasteiger partial charge in [-0.15, -0.1) is 0 Å². The molecule has 1 aromatic carbocycles. The fourth-order valence-electron chi connectivity index (χ4n) is 4.04. The van der Waals surface area contributed by atoms with Crippen LogP contribution in [0.25, 0.3) is 10.9 Å². The number of benzene rings is 1. The number of aryl methyl sites for hydroxylation is 1. The minimum absolute atomic E-state index is 0.158. The number of aromatic amines is 1. The minimum Gasteiger partial charge on any atom is -0.492 e. The predicted octanol–water partition coefficient (Wildman–Crippen LogP) is 4.05. The molecular formula is C24H34N6O3S. The van der Waals surface area contributed by atoms with Gasteiger partial charge in [0.05, 0.1) is 16.9 Å². The second-order valence-corrected chi connectivity index (χ2v) is 12.6. The Morgan fingerprint density at radius 1 is 1.12 bits per heavy atom. The maximum absolute atomic E-state index is 13.5. The van der Waals surface area contributed by atoms with Gasteiger partial charge in [-0.25, -0.2) is 18.4 Å². The monoisotopic (exact) mass is 486 g/mol. The number of sulfone groups is 1. The number of hydrogen-bond donors (Lipinski definition) is 3. The first-order chi connectivity index (χ1) is 16.1. The highest BCUT2D eigenvalue weighted by molar-refractivity contribution is 7.92. The van der Waals surface area contributed by atoms with E-state index in [0.29, 0.717) is 40.8 Å². The quantitative estimate of drug-likeness (QED) is 0.457. The van der Waals surface area contributed by atoms with Crippen molar-refractivity contribution in [2.75, 3.05) is 25.0 Å². The van der Waals surface area contributed by atoms with Crippen LogP contribution in [0.1, 0.15) is 51.3 Å². The number of aromatic nitrogens is 4. The molecule has 0 bridgehead atoms. The van der Waals surface area contributed by atoms with Crippen LogP contribution in [0.5, 0.6) is 5.75 Å². The summed E-state index contributed by atoms with van der Waals surface area (Å²) in [4.78, 5) is 8.92. The predicted molar refractivity (Wildman–Crippen MR) is 134 cm³/mol. The average molecular weight is 487 g/mol. The van der Waals surface area contributed by atoms with Gasteiger partial charge in [0.15, 0.2) is 15.7 Å². The number of rotatable bonds is 7. The molecule has 3 heterocycles. The molecule has 1 fully saturated rings. The van der Waals surface area contributed by atoms with E-state index in [1.165, 1.54) is 6.33 Å². The highest BCUT2D eigenvalue weighted by atomic mass is 32.2. The van der Waals surface area contributed by atoms with Crippen molar-refractivity contribution in [2.24, 2.45) is 5.92 Å². The van der Waals surface area contributed by atoms with Crippen LogP contribution in [0.3, 0.4) is 0 Å². The van der Waals surface area contributed by atoms with Gasteiger partial charge >= 0.3 is 0 Å². The first kappa shape index (κ1) is 24.4. The lowest BCUT2D eigenvalue weighted by Crippen LogP contribution is -2.29. The summed E-state index contributed by atoms with van der Waals surface area (Å²) >= 11 is 0. The number of fused-ring (bicyclic) bond motifs is 1. The summed E-state index contributed by atoms with van der Waals surface area (Å²) in [6.45, 7) is 11.5. The van der Waals surface area contributed by atoms with Crippen LogP contribution in [0.4, 0.5) is 11.6 Å². The van der Waals surface area contributed by atoms with Crippen LogP contribution >= 0.6 is 0 Å². The SMILES string of the molecule is Cc1[nH]nc(Nc2ncnc3cc(OCCC4CCNCC4)c(S(=O)(=O)C(C)(C)C)cc23)c1C. The van der Waals surface area contributed by atoms with Gasteiger partial charge in [-0.2, -0.15) is 5.10 Å². The Bertz CT molecular complexity index is 1270. The molecule has 0 spiro atoms. The average Bonchev–Trinajstić information content (AvgIpc) is 3.11. The number of nitrogens with zero attached hydrogens (tertiary/aromatic N) is 3. The van der Waals surface area contributed by atoms with Gasteiger partial charge in [0.2, 0.25) is 0 Å². The van der Waals surface area contributed by atoms with Crippen LogP contribution < -0.4 is 15.4 Å². The molecule has 0 atom stereocenters. The first-order valence-electron chi connectivity index (χ1n) is 11.7. The van der Waals surface area contributed by atoms with E-state index in [0.717, 1.165) is 43.6 Å². The van der Waals surface area contributed by atoms with E-state index in [-0.39, 0.29) is 4.90 Å². The number of piperidine rings is 1. The number of anilines is 2. The molecule has 3 N–H and O–H groups in total. The maximum atomic E-state index is 13.5. The Balaban J connectivity index is 1.73. The fraction of sp³-hybridized carbons (Fsp3) is 0.542. The van der Waals surface area contributed by atoms with Crippen molar-refractivity contribution < 1.29 is 13.2 Å². The summed E-state index contributed by atoms with van der Waals surface area (Å²) in [5.74, 6) is 2.06. The van der Waals surface area contributed by atoms with E-state index in [1.54, 1.807) is 32.9 Å². The van der Waals surface area contributed by atoms with E-state index < -0.39 is 14.6 Å². The molecule has 0 amide bonds. The van der Waals surface area contributed by atoms with E-state index >= 15 is 0 Å². The molecule has 1 saturated heterocycles. The number of nitrogens with one attached hydrogen (secondary N) is 3. The third-order valence-electron chi connectivity index (χ3n) is 6.53. The normalized spacial score (nSPS) is 15.6. The van der Waals surface area contributed by atoms with Crippen molar-refractivity contribution in [1.29, 1.82) is 0 Å². The lowest BCUT2D eigenvalue weighted by atomic mass is 9.95. The third kappa shape index (κ3) is 4.88. The zero-order chi connectivity index (χ0) is 24.5. The zero-order valence-corrected chi connectivity index (χ0v) is 21.3. The molecule has 0 radical (unpaired) electrons. The van der Waals surface area contributed by atoms with Gasteiger partial charge in [0.1, 0.15) is 22.8 Å². The molecule has 0 unspecified atom stereocenters. The molecule has 3 aromatic rings. The smallest absolute Gasteiger partial charge is 0.186 e. The van der Waals surface area contributed by atoms with Crippen LogP contribution in [-0.4, -0.2) is 53.0 Å². The number of hydrogen-bond acceptors (Lipinski definition) is 8. The molecule has 9 nitrogen and oxygen atoms in total. The van der Waals surface area contributed by atoms with Gasteiger partial charge in [-0.1, -0.05) is 0 Å².